The number of carboxylic acid groups (broad SMARTS) is 1. The van der Waals surface area contributed by atoms with Crippen molar-refractivity contribution in [3.63, 3.8) is 0 Å². The minimum atomic E-state index is -0.809. The number of carbonyl (C=O) groups excluding carboxylic acids is 1. The summed E-state index contributed by atoms with van der Waals surface area (Å²) in [4.78, 5) is 25.2. The molecule has 0 heterocycles. The fraction of sp³-hybridized carbons (Fsp3) is 0.652. The van der Waals surface area contributed by atoms with Crippen molar-refractivity contribution in [1.82, 2.24) is 0 Å². The zero-order valence-electron chi connectivity index (χ0n) is 16.4. The monoisotopic (exact) mass is 354 g/mol. The number of carboxylic acids is 1. The Morgan fingerprint density at radius 1 is 1.19 bits per heavy atom. The van der Waals surface area contributed by atoms with Crippen LogP contribution in [0.1, 0.15) is 105 Å². The van der Waals surface area contributed by atoms with Gasteiger partial charge in [0.15, 0.2) is 5.78 Å². The van der Waals surface area contributed by atoms with E-state index in [1.807, 2.05) is 6.92 Å². The van der Waals surface area contributed by atoms with Crippen LogP contribution >= 0.6 is 0 Å². The van der Waals surface area contributed by atoms with Gasteiger partial charge in [-0.1, -0.05) is 33.3 Å². The average molecular weight is 354 g/mol. The molecule has 1 unspecified atom stereocenters. The molecule has 0 radical (unpaired) electrons. The molecule has 3 aliphatic rings. The Balaban J connectivity index is 1.91. The van der Waals surface area contributed by atoms with E-state index in [4.69, 9.17) is 0 Å². The Hall–Kier alpha value is -1.64. The van der Waals surface area contributed by atoms with Gasteiger partial charge >= 0.3 is 5.97 Å². The number of aliphatic carboxylic acids is 1. The Bertz CT molecular complexity index is 789. The van der Waals surface area contributed by atoms with Crippen LogP contribution in [0, 0.1) is 11.3 Å². The van der Waals surface area contributed by atoms with Crippen molar-refractivity contribution < 1.29 is 14.7 Å². The molecule has 0 spiro atoms. The van der Waals surface area contributed by atoms with Gasteiger partial charge < -0.3 is 5.11 Å². The summed E-state index contributed by atoms with van der Waals surface area (Å²) in [6, 6.07) is 4.46. The van der Waals surface area contributed by atoms with Crippen LogP contribution in [-0.4, -0.2) is 16.9 Å². The maximum Gasteiger partial charge on any atom is 0.309 e. The van der Waals surface area contributed by atoms with Crippen molar-refractivity contribution in [3.8, 4) is 0 Å². The van der Waals surface area contributed by atoms with Gasteiger partial charge in [-0.3, -0.25) is 9.59 Å². The molecule has 4 rings (SSSR count). The maximum absolute atomic E-state index is 13.1. The molecule has 1 aromatic carbocycles. The zero-order valence-corrected chi connectivity index (χ0v) is 16.4. The third kappa shape index (κ3) is 2.39. The molecular formula is C23H30O3. The van der Waals surface area contributed by atoms with E-state index in [2.05, 4.69) is 32.9 Å². The van der Waals surface area contributed by atoms with Crippen LogP contribution in [0.2, 0.25) is 0 Å². The first kappa shape index (κ1) is 17.8. The predicted molar refractivity (Wildman–Crippen MR) is 102 cm³/mol. The second-order valence-electron chi connectivity index (χ2n) is 9.63. The number of hydrogen-bond donors (Lipinski definition) is 1. The lowest BCUT2D eigenvalue weighted by Gasteiger charge is -2.53. The van der Waals surface area contributed by atoms with E-state index in [1.165, 1.54) is 24.0 Å². The first-order valence-corrected chi connectivity index (χ1v) is 10.1. The van der Waals surface area contributed by atoms with Crippen LogP contribution < -0.4 is 0 Å². The summed E-state index contributed by atoms with van der Waals surface area (Å²) in [5.74, 6) is 0.321. The third-order valence-corrected chi connectivity index (χ3v) is 7.59. The molecule has 2 fully saturated rings. The van der Waals surface area contributed by atoms with E-state index in [-0.39, 0.29) is 17.1 Å². The van der Waals surface area contributed by atoms with Crippen LogP contribution in [0.4, 0.5) is 0 Å². The molecule has 2 saturated carbocycles. The number of fused-ring (bicyclic) bond motifs is 3. The van der Waals surface area contributed by atoms with Crippen LogP contribution in [-0.2, 0) is 10.2 Å². The minimum absolute atomic E-state index is 0.113. The van der Waals surface area contributed by atoms with E-state index in [0.29, 0.717) is 24.7 Å². The standard InChI is InChI=1S/C23H30O3/c1-13(2)15-10-17-18(11-16(15)14-6-7-14)22(3)8-5-9-23(4,21(25)26)20(22)12-19(17)24/h10-11,13-14,20H,5-9,12H2,1-4H3,(H,25,26)/t20?,22-,23-/m1/s1. The van der Waals surface area contributed by atoms with Crippen LogP contribution in [0.15, 0.2) is 12.1 Å². The topological polar surface area (TPSA) is 54.4 Å². The van der Waals surface area contributed by atoms with Gasteiger partial charge in [0.25, 0.3) is 0 Å². The molecular weight excluding hydrogens is 324 g/mol. The van der Waals surface area contributed by atoms with Crippen molar-refractivity contribution in [3.05, 3.63) is 34.4 Å². The predicted octanol–water partition coefficient (Wildman–Crippen LogP) is 5.42. The minimum Gasteiger partial charge on any atom is -0.481 e. The molecule has 3 atom stereocenters. The van der Waals surface area contributed by atoms with Gasteiger partial charge in [-0.05, 0) is 78.5 Å². The molecule has 26 heavy (non-hydrogen) atoms. The van der Waals surface area contributed by atoms with Gasteiger partial charge in [-0.25, -0.2) is 0 Å². The Morgan fingerprint density at radius 2 is 1.88 bits per heavy atom. The highest BCUT2D eigenvalue weighted by atomic mass is 16.4. The molecule has 0 amide bonds. The molecule has 3 heteroatoms. The number of ketones is 1. The molecule has 0 aromatic heterocycles. The van der Waals surface area contributed by atoms with Crippen molar-refractivity contribution >= 4 is 11.8 Å². The van der Waals surface area contributed by atoms with E-state index in [0.717, 1.165) is 24.0 Å². The number of carbonyl (C=O) groups is 2. The maximum atomic E-state index is 13.1. The van der Waals surface area contributed by atoms with E-state index < -0.39 is 11.4 Å². The summed E-state index contributed by atoms with van der Waals surface area (Å²) in [5.41, 5.74) is 3.71. The molecule has 1 N–H and O–H groups in total. The normalized spacial score (nSPS) is 33.7. The van der Waals surface area contributed by atoms with E-state index in [1.54, 1.807) is 0 Å². The highest BCUT2D eigenvalue weighted by Gasteiger charge is 2.57. The quantitative estimate of drug-likeness (QED) is 0.788. The lowest BCUT2D eigenvalue weighted by molar-refractivity contribution is -0.156. The third-order valence-electron chi connectivity index (χ3n) is 7.59. The summed E-state index contributed by atoms with van der Waals surface area (Å²) in [5, 5.41) is 9.94. The molecule has 1 aromatic rings. The number of hydrogen-bond acceptors (Lipinski definition) is 2. The van der Waals surface area contributed by atoms with Gasteiger partial charge in [-0.15, -0.1) is 0 Å². The Labute approximate surface area is 156 Å². The zero-order chi connectivity index (χ0) is 18.9. The van der Waals surface area contributed by atoms with Crippen LogP contribution in [0.5, 0.6) is 0 Å². The van der Waals surface area contributed by atoms with Crippen molar-refractivity contribution in [1.29, 1.82) is 0 Å². The molecule has 0 aliphatic heterocycles. The Morgan fingerprint density at radius 3 is 2.46 bits per heavy atom. The lowest BCUT2D eigenvalue weighted by atomic mass is 9.49. The molecule has 3 nitrogen and oxygen atoms in total. The van der Waals surface area contributed by atoms with Gasteiger partial charge in [0.1, 0.15) is 0 Å². The van der Waals surface area contributed by atoms with Gasteiger partial charge in [-0.2, -0.15) is 0 Å². The SMILES string of the molecule is CC(C)c1cc2c(cc1C1CC1)[C@@]1(C)CCC[C@@](C)(C(=O)O)C1CC2=O. The number of rotatable bonds is 3. The van der Waals surface area contributed by atoms with Crippen molar-refractivity contribution in [2.75, 3.05) is 0 Å². The Kier molecular flexibility index (Phi) is 3.88. The average Bonchev–Trinajstić information content (AvgIpc) is 3.41. The number of benzene rings is 1. The van der Waals surface area contributed by atoms with E-state index >= 15 is 0 Å². The highest BCUT2D eigenvalue weighted by Crippen LogP contribution is 2.58. The molecule has 0 bridgehead atoms. The molecule has 3 aliphatic carbocycles. The second kappa shape index (κ2) is 5.68. The van der Waals surface area contributed by atoms with Crippen LogP contribution in [0.25, 0.3) is 0 Å². The lowest BCUT2D eigenvalue weighted by Crippen LogP contribution is -2.53. The van der Waals surface area contributed by atoms with Gasteiger partial charge in [0.05, 0.1) is 5.41 Å². The number of Topliss-reactive ketones (excluding diaryl/α,β-unsaturated/α-hetero) is 1. The second-order valence-corrected chi connectivity index (χ2v) is 9.63. The first-order chi connectivity index (χ1) is 12.2. The first-order valence-electron chi connectivity index (χ1n) is 10.1. The summed E-state index contributed by atoms with van der Waals surface area (Å²) in [7, 11) is 0. The summed E-state index contributed by atoms with van der Waals surface area (Å²) in [6.07, 6.45) is 5.40. The summed E-state index contributed by atoms with van der Waals surface area (Å²) >= 11 is 0. The van der Waals surface area contributed by atoms with E-state index in [9.17, 15) is 14.7 Å². The fourth-order valence-corrected chi connectivity index (χ4v) is 5.78. The molecule has 0 saturated heterocycles. The fourth-order valence-electron chi connectivity index (χ4n) is 5.78. The van der Waals surface area contributed by atoms with Crippen LogP contribution in [0.3, 0.4) is 0 Å². The van der Waals surface area contributed by atoms with Crippen molar-refractivity contribution in [2.24, 2.45) is 11.3 Å². The van der Waals surface area contributed by atoms with Gasteiger partial charge in [0, 0.05) is 12.0 Å². The summed E-state index contributed by atoms with van der Waals surface area (Å²) < 4.78 is 0. The summed E-state index contributed by atoms with van der Waals surface area (Å²) in [6.45, 7) is 8.48. The highest BCUT2D eigenvalue weighted by molar-refractivity contribution is 6.00. The largest absolute Gasteiger partial charge is 0.481 e. The van der Waals surface area contributed by atoms with Gasteiger partial charge in [0.2, 0.25) is 0 Å². The van der Waals surface area contributed by atoms with Crippen molar-refractivity contribution in [2.45, 2.75) is 83.5 Å². The smallest absolute Gasteiger partial charge is 0.309 e. The molecule has 140 valence electrons.